The van der Waals surface area contributed by atoms with Gasteiger partial charge in [0.05, 0.1) is 4.90 Å². The lowest BCUT2D eigenvalue weighted by atomic mass is 10.1. The highest BCUT2D eigenvalue weighted by Gasteiger charge is 2.40. The maximum absolute atomic E-state index is 13.1. The Morgan fingerprint density at radius 2 is 2.04 bits per heavy atom. The van der Waals surface area contributed by atoms with Gasteiger partial charge < -0.3 is 14.8 Å². The first kappa shape index (κ1) is 19.0. The van der Waals surface area contributed by atoms with Gasteiger partial charge in [-0.25, -0.2) is 8.42 Å². The quantitative estimate of drug-likeness (QED) is 0.812. The number of hydrogen-bond acceptors (Lipinski definition) is 5. The van der Waals surface area contributed by atoms with Crippen molar-refractivity contribution in [3.63, 3.8) is 0 Å². The van der Waals surface area contributed by atoms with Gasteiger partial charge in [0.1, 0.15) is 19.3 Å². The van der Waals surface area contributed by atoms with Crippen LogP contribution in [0, 0.1) is 0 Å². The van der Waals surface area contributed by atoms with Crippen LogP contribution in [0.5, 0.6) is 11.5 Å². The molecule has 2 unspecified atom stereocenters. The van der Waals surface area contributed by atoms with E-state index in [0.717, 1.165) is 12.8 Å². The molecule has 0 bridgehead atoms. The molecule has 2 atom stereocenters. The molecule has 1 fully saturated rings. The number of ether oxygens (including phenoxy) is 2. The molecule has 1 aromatic carbocycles. The van der Waals surface area contributed by atoms with E-state index in [-0.39, 0.29) is 16.8 Å². The third-order valence-electron chi connectivity index (χ3n) is 4.74. The van der Waals surface area contributed by atoms with E-state index < -0.39 is 16.1 Å². The van der Waals surface area contributed by atoms with Crippen LogP contribution in [0.4, 0.5) is 0 Å². The molecule has 0 aliphatic carbocycles. The summed E-state index contributed by atoms with van der Waals surface area (Å²) in [4.78, 5) is 12.7. The summed E-state index contributed by atoms with van der Waals surface area (Å²) >= 11 is 0. The fraction of sp³-hybridized carbons (Fsp3) is 0.611. The number of carbonyl (C=O) groups excluding carboxylic acids is 1. The van der Waals surface area contributed by atoms with Gasteiger partial charge in [-0.05, 0) is 38.3 Å². The van der Waals surface area contributed by atoms with Crippen molar-refractivity contribution < 1.29 is 22.7 Å². The minimum absolute atomic E-state index is 0.0342. The number of nitrogens with one attached hydrogen (secondary N) is 1. The maximum atomic E-state index is 13.1. The zero-order chi connectivity index (χ0) is 18.7. The van der Waals surface area contributed by atoms with Crippen LogP contribution in [0.2, 0.25) is 0 Å². The molecule has 1 N–H and O–H groups in total. The molecule has 3 rings (SSSR count). The van der Waals surface area contributed by atoms with E-state index in [1.165, 1.54) is 16.4 Å². The van der Waals surface area contributed by atoms with Gasteiger partial charge in [-0.15, -0.1) is 0 Å². The van der Waals surface area contributed by atoms with Crippen molar-refractivity contribution >= 4 is 15.9 Å². The molecule has 2 aliphatic rings. The van der Waals surface area contributed by atoms with E-state index in [1.807, 2.05) is 6.92 Å². The summed E-state index contributed by atoms with van der Waals surface area (Å²) in [5, 5.41) is 2.94. The van der Waals surface area contributed by atoms with Gasteiger partial charge in [0.15, 0.2) is 11.5 Å². The second-order valence-electron chi connectivity index (χ2n) is 6.78. The molecule has 2 heterocycles. The summed E-state index contributed by atoms with van der Waals surface area (Å²) in [5.41, 5.74) is 0. The van der Waals surface area contributed by atoms with Crippen molar-refractivity contribution in [2.24, 2.45) is 0 Å². The highest BCUT2D eigenvalue weighted by molar-refractivity contribution is 7.89. The summed E-state index contributed by atoms with van der Waals surface area (Å²) in [7, 11) is -3.78. The monoisotopic (exact) mass is 382 g/mol. The van der Waals surface area contributed by atoms with Crippen molar-refractivity contribution in [1.29, 1.82) is 0 Å². The second-order valence-corrected chi connectivity index (χ2v) is 8.67. The molecule has 26 heavy (non-hydrogen) atoms. The molecule has 8 heteroatoms. The van der Waals surface area contributed by atoms with Crippen LogP contribution in [-0.2, 0) is 14.8 Å². The fourth-order valence-corrected chi connectivity index (χ4v) is 5.13. The summed E-state index contributed by atoms with van der Waals surface area (Å²) in [6, 6.07) is 3.97. The molecule has 2 aliphatic heterocycles. The van der Waals surface area contributed by atoms with Crippen LogP contribution in [0.3, 0.4) is 0 Å². The molecule has 0 saturated carbocycles. The van der Waals surface area contributed by atoms with Gasteiger partial charge in [-0.2, -0.15) is 4.31 Å². The van der Waals surface area contributed by atoms with Crippen LogP contribution in [-0.4, -0.2) is 50.5 Å². The Bertz CT molecular complexity index is 765. The first-order valence-electron chi connectivity index (χ1n) is 9.15. The number of amides is 1. The predicted octanol–water partition coefficient (Wildman–Crippen LogP) is 1.92. The Labute approximate surface area is 154 Å². The first-order chi connectivity index (χ1) is 12.4. The van der Waals surface area contributed by atoms with Crippen LogP contribution in [0.25, 0.3) is 0 Å². The standard InChI is InChI=1S/C18H26N2O5S/c1-3-5-13(2)19-18(21)15-6-4-9-20(15)26(22,23)14-7-8-16-17(12-14)25-11-10-24-16/h7-8,12-13,15H,3-6,9-11H2,1-2H3,(H,19,21). The number of fused-ring (bicyclic) bond motifs is 1. The normalized spacial score (nSPS) is 21.4. The number of benzene rings is 1. The lowest BCUT2D eigenvalue weighted by molar-refractivity contribution is -0.124. The number of hydrogen-bond donors (Lipinski definition) is 1. The molecule has 0 spiro atoms. The molecule has 1 aromatic rings. The Hall–Kier alpha value is -1.80. The van der Waals surface area contributed by atoms with Gasteiger partial charge in [-0.1, -0.05) is 13.3 Å². The lowest BCUT2D eigenvalue weighted by Crippen LogP contribution is -2.48. The molecule has 144 valence electrons. The van der Waals surface area contributed by atoms with E-state index in [0.29, 0.717) is 44.1 Å². The van der Waals surface area contributed by atoms with Crippen molar-refractivity contribution in [3.8, 4) is 11.5 Å². The van der Waals surface area contributed by atoms with E-state index in [2.05, 4.69) is 12.2 Å². The van der Waals surface area contributed by atoms with Gasteiger partial charge in [-0.3, -0.25) is 4.79 Å². The summed E-state index contributed by atoms with van der Waals surface area (Å²) in [5.74, 6) is 0.748. The van der Waals surface area contributed by atoms with Crippen LogP contribution in [0.1, 0.15) is 39.5 Å². The van der Waals surface area contributed by atoms with Crippen LogP contribution < -0.4 is 14.8 Å². The zero-order valence-electron chi connectivity index (χ0n) is 15.2. The highest BCUT2D eigenvalue weighted by Crippen LogP contribution is 2.34. The minimum Gasteiger partial charge on any atom is -0.486 e. The van der Waals surface area contributed by atoms with Gasteiger partial charge in [0.2, 0.25) is 15.9 Å². The summed E-state index contributed by atoms with van der Waals surface area (Å²) in [6.45, 7) is 5.17. The smallest absolute Gasteiger partial charge is 0.243 e. The average Bonchev–Trinajstić information content (AvgIpc) is 3.12. The van der Waals surface area contributed by atoms with Crippen molar-refractivity contribution in [1.82, 2.24) is 9.62 Å². The van der Waals surface area contributed by atoms with Gasteiger partial charge in [0, 0.05) is 18.7 Å². The number of sulfonamides is 1. The largest absolute Gasteiger partial charge is 0.486 e. The van der Waals surface area contributed by atoms with E-state index >= 15 is 0 Å². The van der Waals surface area contributed by atoms with Crippen LogP contribution in [0.15, 0.2) is 23.1 Å². The number of nitrogens with zero attached hydrogens (tertiary/aromatic N) is 1. The highest BCUT2D eigenvalue weighted by atomic mass is 32.2. The topological polar surface area (TPSA) is 84.9 Å². The molecule has 1 saturated heterocycles. The van der Waals surface area contributed by atoms with E-state index in [9.17, 15) is 13.2 Å². The molecule has 1 amide bonds. The molecular weight excluding hydrogens is 356 g/mol. The molecule has 0 radical (unpaired) electrons. The molecular formula is C18H26N2O5S. The number of rotatable bonds is 6. The minimum atomic E-state index is -3.78. The Morgan fingerprint density at radius 3 is 2.77 bits per heavy atom. The SMILES string of the molecule is CCCC(C)NC(=O)C1CCCN1S(=O)(=O)c1ccc2c(c1)OCCO2. The average molecular weight is 382 g/mol. The molecule has 7 nitrogen and oxygen atoms in total. The van der Waals surface area contributed by atoms with Crippen molar-refractivity contribution in [2.45, 2.75) is 56.5 Å². The third-order valence-corrected chi connectivity index (χ3v) is 6.64. The third kappa shape index (κ3) is 3.81. The first-order valence-corrected chi connectivity index (χ1v) is 10.6. The van der Waals surface area contributed by atoms with E-state index in [4.69, 9.17) is 9.47 Å². The Balaban J connectivity index is 1.80. The zero-order valence-corrected chi connectivity index (χ0v) is 16.0. The summed E-state index contributed by atoms with van der Waals surface area (Å²) < 4.78 is 38.4. The fourth-order valence-electron chi connectivity index (χ4n) is 3.45. The predicted molar refractivity (Wildman–Crippen MR) is 96.9 cm³/mol. The number of carbonyl (C=O) groups is 1. The molecule has 0 aromatic heterocycles. The van der Waals surface area contributed by atoms with E-state index in [1.54, 1.807) is 6.07 Å². The maximum Gasteiger partial charge on any atom is 0.243 e. The van der Waals surface area contributed by atoms with Gasteiger partial charge >= 0.3 is 0 Å². The Morgan fingerprint density at radius 1 is 1.31 bits per heavy atom. The van der Waals surface area contributed by atoms with Crippen LogP contribution >= 0.6 is 0 Å². The Kier molecular flexibility index (Phi) is 5.72. The van der Waals surface area contributed by atoms with Gasteiger partial charge in [0.25, 0.3) is 0 Å². The van der Waals surface area contributed by atoms with Crippen molar-refractivity contribution in [3.05, 3.63) is 18.2 Å². The lowest BCUT2D eigenvalue weighted by Gasteiger charge is -2.26. The van der Waals surface area contributed by atoms with Crippen molar-refractivity contribution in [2.75, 3.05) is 19.8 Å². The second kappa shape index (κ2) is 7.84. The summed E-state index contributed by atoms with van der Waals surface area (Å²) in [6.07, 6.45) is 3.04.